The summed E-state index contributed by atoms with van der Waals surface area (Å²) in [7, 11) is 11.7. The maximum absolute atomic E-state index is 14.5. The zero-order valence-electron chi connectivity index (χ0n) is 43.8. The first-order valence-corrected chi connectivity index (χ1v) is 23.9. The van der Waals surface area contributed by atoms with E-state index >= 15 is 0 Å². The highest BCUT2D eigenvalue weighted by molar-refractivity contribution is 6.15. The number of anilines is 4. The topological polar surface area (TPSA) is 167 Å². The van der Waals surface area contributed by atoms with Gasteiger partial charge in [-0.05, 0) is 109 Å². The molecule has 8 rings (SSSR count). The lowest BCUT2D eigenvalue weighted by atomic mass is 10.1. The molecule has 8 aromatic carbocycles. The Kier molecular flexibility index (Phi) is 17.1. The second kappa shape index (κ2) is 24.8. The van der Waals surface area contributed by atoms with Crippen LogP contribution in [-0.2, 0) is 0 Å². The molecule has 0 saturated heterocycles. The minimum absolute atomic E-state index is 0.170. The van der Waals surface area contributed by atoms with Crippen molar-refractivity contribution in [2.75, 3.05) is 66.7 Å². The fourth-order valence-electron chi connectivity index (χ4n) is 8.19. The van der Waals surface area contributed by atoms with Gasteiger partial charge in [0.1, 0.15) is 34.5 Å². The molecular weight excluding hydrogens is 997 g/mol. The average molecular weight is 1050 g/mol. The van der Waals surface area contributed by atoms with Crippen molar-refractivity contribution in [3.8, 4) is 69.3 Å². The lowest BCUT2D eigenvalue weighted by Gasteiger charge is -2.26. The molecule has 0 bridgehead atoms. The Hall–Kier alpha value is -10.4. The van der Waals surface area contributed by atoms with Crippen LogP contribution in [0.15, 0.2) is 170 Å². The Bertz CT molecular complexity index is 3310. The normalized spacial score (nSPS) is 10.4. The average Bonchev–Trinajstić information content (AvgIpc) is 3.55. The van der Waals surface area contributed by atoms with E-state index in [-0.39, 0.29) is 56.8 Å². The van der Waals surface area contributed by atoms with Crippen molar-refractivity contribution in [1.29, 1.82) is 0 Å². The molecule has 0 heterocycles. The van der Waals surface area contributed by atoms with Crippen LogP contribution in [0.4, 0.5) is 22.7 Å². The van der Waals surface area contributed by atoms with Gasteiger partial charge in [-0.25, -0.2) is 9.59 Å². The van der Waals surface area contributed by atoms with Gasteiger partial charge in [0, 0.05) is 46.8 Å². The standard InChI is InChI=1S/C62H52N2O14/c1-69-51-37-57(75-7)55(73-5)35-47(51)59(65)63(43-15-11-9-12-16-43)49-31-25-41(33-53(49)71-3)61(67)77-45-27-21-39(22-28-45)19-20-40-23-29-46(30-24-40)78-62(68)42-26-32-50(54(34-42)72-4)64(44-17-13-10-14-18-44)60(66)48-36-56(74-6)58(76-8)38-52(48)70-2/h9-18,21-38H,1-8H3. The van der Waals surface area contributed by atoms with E-state index < -0.39 is 23.8 Å². The van der Waals surface area contributed by atoms with Gasteiger partial charge in [0.2, 0.25) is 0 Å². The molecule has 0 spiro atoms. The van der Waals surface area contributed by atoms with Crippen LogP contribution in [0.1, 0.15) is 52.6 Å². The Labute approximate surface area is 450 Å². The minimum atomic E-state index is -0.662. The monoisotopic (exact) mass is 1050 g/mol. The van der Waals surface area contributed by atoms with Crippen LogP contribution in [0.5, 0.6) is 57.5 Å². The van der Waals surface area contributed by atoms with E-state index in [1.54, 1.807) is 146 Å². The van der Waals surface area contributed by atoms with Gasteiger partial charge in [-0.1, -0.05) is 48.2 Å². The Morgan fingerprint density at radius 1 is 0.333 bits per heavy atom. The number of ether oxygens (including phenoxy) is 10. The lowest BCUT2D eigenvalue weighted by molar-refractivity contribution is 0.0725. The minimum Gasteiger partial charge on any atom is -0.496 e. The van der Waals surface area contributed by atoms with Crippen molar-refractivity contribution in [3.63, 3.8) is 0 Å². The van der Waals surface area contributed by atoms with Crippen molar-refractivity contribution in [2.24, 2.45) is 0 Å². The molecule has 0 fully saturated rings. The molecule has 0 atom stereocenters. The van der Waals surface area contributed by atoms with E-state index in [2.05, 4.69) is 11.8 Å². The van der Waals surface area contributed by atoms with Gasteiger partial charge in [-0.15, -0.1) is 0 Å². The SMILES string of the molecule is COc1cc(OC)c(C(=O)N(c2ccccc2)c2ccc(C(=O)Oc3ccc(C#Cc4ccc(OC(=O)c5ccc(N(C(=O)c6cc(OC)c(OC)cc6OC)c6ccccc6)c(OC)c5)cc4)cc3)cc2OC)cc1OC. The van der Waals surface area contributed by atoms with Crippen LogP contribution in [-0.4, -0.2) is 80.6 Å². The Morgan fingerprint density at radius 2 is 0.654 bits per heavy atom. The highest BCUT2D eigenvalue weighted by Gasteiger charge is 2.30. The molecule has 0 radical (unpaired) electrons. The molecule has 0 aliphatic heterocycles. The largest absolute Gasteiger partial charge is 0.496 e. The van der Waals surface area contributed by atoms with Gasteiger partial charge in [-0.2, -0.15) is 0 Å². The Balaban J connectivity index is 0.933. The number of methoxy groups -OCH3 is 8. The number of nitrogens with zero attached hydrogens (tertiary/aromatic N) is 2. The van der Waals surface area contributed by atoms with Crippen LogP contribution in [0, 0.1) is 11.8 Å². The summed E-state index contributed by atoms with van der Waals surface area (Å²) in [6, 6.07) is 46.8. The summed E-state index contributed by atoms with van der Waals surface area (Å²) >= 11 is 0. The second-order valence-corrected chi connectivity index (χ2v) is 16.6. The van der Waals surface area contributed by atoms with Crippen LogP contribution in [0.25, 0.3) is 0 Å². The predicted molar refractivity (Wildman–Crippen MR) is 293 cm³/mol. The van der Waals surface area contributed by atoms with E-state index in [4.69, 9.17) is 47.4 Å². The van der Waals surface area contributed by atoms with Gasteiger partial charge >= 0.3 is 11.9 Å². The fraction of sp³-hybridized carbons (Fsp3) is 0.129. The molecule has 16 nitrogen and oxygen atoms in total. The first-order valence-electron chi connectivity index (χ1n) is 23.9. The smallest absolute Gasteiger partial charge is 0.343 e. The van der Waals surface area contributed by atoms with Gasteiger partial charge in [-0.3, -0.25) is 19.4 Å². The van der Waals surface area contributed by atoms with Crippen molar-refractivity contribution >= 4 is 46.5 Å². The molecular formula is C62H52N2O14. The number of hydrogen-bond acceptors (Lipinski definition) is 14. The van der Waals surface area contributed by atoms with Crippen molar-refractivity contribution in [3.05, 3.63) is 203 Å². The number of rotatable bonds is 18. The number of amides is 2. The summed E-state index contributed by atoms with van der Waals surface area (Å²) in [4.78, 5) is 58.9. The number of para-hydroxylation sites is 2. The molecule has 78 heavy (non-hydrogen) atoms. The molecule has 2 amide bonds. The molecule has 0 aromatic heterocycles. The zero-order valence-corrected chi connectivity index (χ0v) is 43.8. The van der Waals surface area contributed by atoms with Gasteiger partial charge < -0.3 is 47.4 Å². The van der Waals surface area contributed by atoms with Crippen molar-refractivity contribution < 1.29 is 66.5 Å². The van der Waals surface area contributed by atoms with E-state index in [0.717, 1.165) is 0 Å². The van der Waals surface area contributed by atoms with Gasteiger partial charge in [0.25, 0.3) is 11.8 Å². The van der Waals surface area contributed by atoms with E-state index in [1.165, 1.54) is 78.8 Å². The summed E-state index contributed by atoms with van der Waals surface area (Å²) in [5.74, 6) is 6.86. The zero-order chi connectivity index (χ0) is 55.3. The number of benzene rings is 8. The third-order valence-corrected chi connectivity index (χ3v) is 12.1. The first-order chi connectivity index (χ1) is 37.9. The summed E-state index contributed by atoms with van der Waals surface area (Å²) in [6.07, 6.45) is 0. The molecule has 0 aliphatic carbocycles. The predicted octanol–water partition coefficient (Wildman–Crippen LogP) is 11.6. The van der Waals surface area contributed by atoms with Crippen LogP contribution < -0.4 is 57.2 Å². The Morgan fingerprint density at radius 3 is 0.974 bits per heavy atom. The molecule has 0 aliphatic rings. The second-order valence-electron chi connectivity index (χ2n) is 16.6. The summed E-state index contributed by atoms with van der Waals surface area (Å²) in [5.41, 5.74) is 3.75. The number of esters is 2. The number of hydrogen-bond donors (Lipinski definition) is 0. The molecule has 8 aromatic rings. The molecule has 16 heteroatoms. The maximum atomic E-state index is 14.5. The molecule has 0 unspecified atom stereocenters. The van der Waals surface area contributed by atoms with E-state index in [9.17, 15) is 19.2 Å². The van der Waals surface area contributed by atoms with E-state index in [1.807, 2.05) is 12.1 Å². The lowest BCUT2D eigenvalue weighted by Crippen LogP contribution is -2.27. The highest BCUT2D eigenvalue weighted by atomic mass is 16.5. The molecule has 0 N–H and O–H groups in total. The summed E-state index contributed by atoms with van der Waals surface area (Å²) in [6.45, 7) is 0. The van der Waals surface area contributed by atoms with Gasteiger partial charge in [0.05, 0.1) is 90.5 Å². The third kappa shape index (κ3) is 11.8. The summed E-state index contributed by atoms with van der Waals surface area (Å²) < 4.78 is 56.0. The molecule has 0 saturated carbocycles. The maximum Gasteiger partial charge on any atom is 0.343 e. The van der Waals surface area contributed by atoms with Gasteiger partial charge in [0.15, 0.2) is 23.0 Å². The number of carbonyl (C=O) groups is 4. The van der Waals surface area contributed by atoms with Crippen LogP contribution >= 0.6 is 0 Å². The quantitative estimate of drug-likeness (QED) is 0.0452. The third-order valence-electron chi connectivity index (χ3n) is 12.1. The van der Waals surface area contributed by atoms with Crippen molar-refractivity contribution in [2.45, 2.75) is 0 Å². The number of carbonyl (C=O) groups excluding carboxylic acids is 4. The first kappa shape index (κ1) is 53.9. The molecule has 394 valence electrons. The van der Waals surface area contributed by atoms with Crippen LogP contribution in [0.2, 0.25) is 0 Å². The van der Waals surface area contributed by atoms with Crippen LogP contribution in [0.3, 0.4) is 0 Å². The van der Waals surface area contributed by atoms with E-state index in [0.29, 0.717) is 56.9 Å². The summed E-state index contributed by atoms with van der Waals surface area (Å²) in [5, 5.41) is 0. The highest BCUT2D eigenvalue weighted by Crippen LogP contribution is 2.43. The fourth-order valence-corrected chi connectivity index (χ4v) is 8.19. The van der Waals surface area contributed by atoms with Crippen molar-refractivity contribution in [1.82, 2.24) is 0 Å².